The van der Waals surface area contributed by atoms with Crippen molar-refractivity contribution in [2.24, 2.45) is 7.05 Å². The molecule has 2 aromatic heterocycles. The SMILES string of the molecule is Cn1c(=O)n(CCC(=O)Nc2cnns2)c2ccccc21. The second kappa shape index (κ2) is 5.49. The molecule has 3 rings (SSSR count). The van der Waals surface area contributed by atoms with Crippen LogP contribution in [-0.4, -0.2) is 24.6 Å². The standard InChI is InChI=1S/C13H13N5O2S/c1-17-9-4-2-3-5-10(9)18(13(17)20)7-6-11(19)15-12-8-14-16-21-12/h2-5,8H,6-7H2,1H3,(H,15,19). The second-order valence-corrected chi connectivity index (χ2v) is 5.35. The fraction of sp³-hybridized carbons (Fsp3) is 0.231. The number of aromatic nitrogens is 4. The highest BCUT2D eigenvalue weighted by Gasteiger charge is 2.11. The summed E-state index contributed by atoms with van der Waals surface area (Å²) >= 11 is 1.12. The number of imidazole rings is 1. The van der Waals surface area contributed by atoms with Crippen LogP contribution in [0.1, 0.15) is 6.42 Å². The minimum absolute atomic E-state index is 0.122. The molecule has 1 amide bonds. The highest BCUT2D eigenvalue weighted by molar-refractivity contribution is 7.10. The first-order valence-corrected chi connectivity index (χ1v) is 7.15. The van der Waals surface area contributed by atoms with Gasteiger partial charge in [-0.25, -0.2) is 4.79 Å². The van der Waals surface area contributed by atoms with E-state index in [-0.39, 0.29) is 18.0 Å². The average molecular weight is 303 g/mol. The van der Waals surface area contributed by atoms with Gasteiger partial charge in [0, 0.05) is 31.5 Å². The minimum Gasteiger partial charge on any atom is -0.315 e. The van der Waals surface area contributed by atoms with E-state index in [9.17, 15) is 9.59 Å². The Morgan fingerprint density at radius 2 is 2.10 bits per heavy atom. The highest BCUT2D eigenvalue weighted by atomic mass is 32.1. The minimum atomic E-state index is -0.166. The van der Waals surface area contributed by atoms with Crippen LogP contribution in [-0.2, 0) is 18.4 Å². The normalized spacial score (nSPS) is 10.9. The largest absolute Gasteiger partial charge is 0.328 e. The van der Waals surface area contributed by atoms with Gasteiger partial charge in [-0.2, -0.15) is 0 Å². The van der Waals surface area contributed by atoms with E-state index in [1.54, 1.807) is 16.2 Å². The number of aryl methyl sites for hydroxylation is 2. The number of hydrogen-bond acceptors (Lipinski definition) is 5. The molecule has 0 fully saturated rings. The van der Waals surface area contributed by atoms with Gasteiger partial charge in [-0.1, -0.05) is 16.6 Å². The Hall–Kier alpha value is -2.48. The molecule has 0 spiro atoms. The molecule has 0 atom stereocenters. The maximum absolute atomic E-state index is 12.2. The van der Waals surface area contributed by atoms with Crippen LogP contribution in [0, 0.1) is 0 Å². The van der Waals surface area contributed by atoms with Crippen molar-refractivity contribution in [3.8, 4) is 0 Å². The molecule has 1 N–H and O–H groups in total. The van der Waals surface area contributed by atoms with Crippen molar-refractivity contribution in [2.75, 3.05) is 5.32 Å². The summed E-state index contributed by atoms with van der Waals surface area (Å²) < 4.78 is 6.86. The zero-order valence-electron chi connectivity index (χ0n) is 11.3. The van der Waals surface area contributed by atoms with Crippen molar-refractivity contribution in [3.63, 3.8) is 0 Å². The maximum Gasteiger partial charge on any atom is 0.328 e. The Morgan fingerprint density at radius 1 is 1.33 bits per heavy atom. The molecule has 8 heteroatoms. The van der Waals surface area contributed by atoms with E-state index >= 15 is 0 Å². The molecule has 0 aliphatic rings. The van der Waals surface area contributed by atoms with E-state index < -0.39 is 0 Å². The summed E-state index contributed by atoms with van der Waals surface area (Å²) in [7, 11) is 1.73. The number of amides is 1. The van der Waals surface area contributed by atoms with Crippen LogP contribution in [0.2, 0.25) is 0 Å². The molecule has 0 aliphatic carbocycles. The molecule has 0 saturated carbocycles. The lowest BCUT2D eigenvalue weighted by Crippen LogP contribution is -2.24. The van der Waals surface area contributed by atoms with Crippen molar-refractivity contribution in [1.82, 2.24) is 18.7 Å². The number of anilines is 1. The van der Waals surface area contributed by atoms with Gasteiger partial charge in [0.05, 0.1) is 17.2 Å². The number of nitrogens with zero attached hydrogens (tertiary/aromatic N) is 4. The lowest BCUT2D eigenvalue weighted by Gasteiger charge is -2.03. The number of carbonyl (C=O) groups is 1. The topological polar surface area (TPSA) is 81.8 Å². The fourth-order valence-electron chi connectivity index (χ4n) is 2.21. The molecule has 108 valence electrons. The molecule has 21 heavy (non-hydrogen) atoms. The van der Waals surface area contributed by atoms with E-state index in [1.165, 1.54) is 6.20 Å². The quantitative estimate of drug-likeness (QED) is 0.785. The lowest BCUT2D eigenvalue weighted by atomic mass is 10.3. The van der Waals surface area contributed by atoms with Gasteiger partial charge in [0.1, 0.15) is 5.00 Å². The third kappa shape index (κ3) is 2.57. The van der Waals surface area contributed by atoms with E-state index in [0.29, 0.717) is 11.5 Å². The molecule has 0 unspecified atom stereocenters. The summed E-state index contributed by atoms with van der Waals surface area (Å²) in [6, 6.07) is 7.52. The van der Waals surface area contributed by atoms with Crippen LogP contribution >= 0.6 is 11.5 Å². The van der Waals surface area contributed by atoms with Crippen LogP contribution in [0.4, 0.5) is 5.00 Å². The van der Waals surface area contributed by atoms with Gasteiger partial charge in [-0.15, -0.1) is 5.10 Å². The van der Waals surface area contributed by atoms with Gasteiger partial charge in [0.15, 0.2) is 0 Å². The van der Waals surface area contributed by atoms with Crippen LogP contribution in [0.5, 0.6) is 0 Å². The molecular weight excluding hydrogens is 290 g/mol. The van der Waals surface area contributed by atoms with Gasteiger partial charge >= 0.3 is 5.69 Å². The first kappa shape index (κ1) is 13.5. The monoisotopic (exact) mass is 303 g/mol. The summed E-state index contributed by atoms with van der Waals surface area (Å²) in [5.41, 5.74) is 1.57. The number of fused-ring (bicyclic) bond motifs is 1. The fourth-order valence-corrected chi connectivity index (χ4v) is 2.65. The number of nitrogens with one attached hydrogen (secondary N) is 1. The van der Waals surface area contributed by atoms with E-state index in [0.717, 1.165) is 22.6 Å². The van der Waals surface area contributed by atoms with Gasteiger partial charge in [0.2, 0.25) is 5.91 Å². The van der Waals surface area contributed by atoms with Gasteiger partial charge in [0.25, 0.3) is 0 Å². The molecule has 2 heterocycles. The summed E-state index contributed by atoms with van der Waals surface area (Å²) in [5, 5.41) is 6.95. The molecular formula is C13H13N5O2S. The molecule has 0 aliphatic heterocycles. The first-order chi connectivity index (χ1) is 10.2. The maximum atomic E-state index is 12.2. The molecule has 0 bridgehead atoms. The Kier molecular flexibility index (Phi) is 3.53. The zero-order valence-corrected chi connectivity index (χ0v) is 12.1. The van der Waals surface area contributed by atoms with Gasteiger partial charge < -0.3 is 5.32 Å². The van der Waals surface area contributed by atoms with Crippen molar-refractivity contribution >= 4 is 33.5 Å². The lowest BCUT2D eigenvalue weighted by molar-refractivity contribution is -0.116. The van der Waals surface area contributed by atoms with Crippen LogP contribution in [0.15, 0.2) is 35.3 Å². The van der Waals surface area contributed by atoms with E-state index in [4.69, 9.17) is 0 Å². The van der Waals surface area contributed by atoms with Crippen molar-refractivity contribution in [1.29, 1.82) is 0 Å². The van der Waals surface area contributed by atoms with Crippen molar-refractivity contribution in [3.05, 3.63) is 40.9 Å². The summed E-state index contributed by atoms with van der Waals surface area (Å²) in [6.45, 7) is 0.332. The number of hydrogen-bond donors (Lipinski definition) is 1. The third-order valence-electron chi connectivity index (χ3n) is 3.24. The summed E-state index contributed by atoms with van der Waals surface area (Å²) in [5.74, 6) is -0.166. The second-order valence-electron chi connectivity index (χ2n) is 4.56. The molecule has 7 nitrogen and oxygen atoms in total. The average Bonchev–Trinajstić information content (AvgIpc) is 3.07. The van der Waals surface area contributed by atoms with Crippen LogP contribution < -0.4 is 11.0 Å². The highest BCUT2D eigenvalue weighted by Crippen LogP contribution is 2.13. The third-order valence-corrected chi connectivity index (χ3v) is 3.82. The summed E-state index contributed by atoms with van der Waals surface area (Å²) in [6.07, 6.45) is 1.71. The Morgan fingerprint density at radius 3 is 2.81 bits per heavy atom. The Labute approximate surface area is 124 Å². The van der Waals surface area contributed by atoms with Crippen LogP contribution in [0.25, 0.3) is 11.0 Å². The molecule has 0 radical (unpaired) electrons. The first-order valence-electron chi connectivity index (χ1n) is 6.38. The van der Waals surface area contributed by atoms with Gasteiger partial charge in [-0.3, -0.25) is 13.9 Å². The Bertz CT molecular complexity index is 834. The van der Waals surface area contributed by atoms with Crippen molar-refractivity contribution < 1.29 is 4.79 Å². The van der Waals surface area contributed by atoms with E-state index in [1.807, 2.05) is 24.3 Å². The number of rotatable bonds is 4. The Balaban J connectivity index is 1.78. The predicted octanol–water partition coefficient (Wildman–Crippen LogP) is 1.22. The zero-order chi connectivity index (χ0) is 14.8. The van der Waals surface area contributed by atoms with Crippen molar-refractivity contribution in [2.45, 2.75) is 13.0 Å². The number of para-hydroxylation sites is 2. The van der Waals surface area contributed by atoms with Gasteiger partial charge in [-0.05, 0) is 12.1 Å². The smallest absolute Gasteiger partial charge is 0.315 e. The predicted molar refractivity (Wildman–Crippen MR) is 80.3 cm³/mol. The number of carbonyl (C=O) groups excluding carboxylic acids is 1. The number of benzene rings is 1. The summed E-state index contributed by atoms with van der Waals surface area (Å²) in [4.78, 5) is 24.0. The van der Waals surface area contributed by atoms with E-state index in [2.05, 4.69) is 14.9 Å². The molecule has 1 aromatic carbocycles. The van der Waals surface area contributed by atoms with Crippen LogP contribution in [0.3, 0.4) is 0 Å². The molecule has 0 saturated heterocycles. The molecule has 3 aromatic rings.